The summed E-state index contributed by atoms with van der Waals surface area (Å²) in [5, 5.41) is 23.9. The van der Waals surface area contributed by atoms with Gasteiger partial charge in [-0.3, -0.25) is 4.79 Å². The van der Waals surface area contributed by atoms with E-state index in [2.05, 4.69) is 25.8 Å². The Labute approximate surface area is 145 Å². The Morgan fingerprint density at radius 3 is 2.84 bits per heavy atom. The lowest BCUT2D eigenvalue weighted by atomic mass is 9.75. The monoisotopic (exact) mass is 346 g/mol. The van der Waals surface area contributed by atoms with Gasteiger partial charge in [0.05, 0.1) is 25.8 Å². The number of amides is 1. The molecule has 2 aromatic heterocycles. The van der Waals surface area contributed by atoms with Crippen LogP contribution in [0.1, 0.15) is 36.7 Å². The predicted molar refractivity (Wildman–Crippen MR) is 87.6 cm³/mol. The summed E-state index contributed by atoms with van der Waals surface area (Å²) in [6, 6.07) is 3.49. The molecule has 1 fully saturated rings. The molecule has 1 aliphatic rings. The van der Waals surface area contributed by atoms with Gasteiger partial charge in [-0.1, -0.05) is 6.07 Å². The summed E-state index contributed by atoms with van der Waals surface area (Å²) in [7, 11) is 1.56. The number of hydrogen-bond donors (Lipinski definition) is 2. The van der Waals surface area contributed by atoms with Gasteiger partial charge in [-0.2, -0.15) is 0 Å². The Kier molecular flexibility index (Phi) is 5.22. The third kappa shape index (κ3) is 4.11. The van der Waals surface area contributed by atoms with E-state index in [1.807, 2.05) is 6.07 Å². The SMILES string of the molecule is COc1ccc([C@H](NC(=O)CCn2nnnc2C)C2CC(O)C2)cn1. The van der Waals surface area contributed by atoms with E-state index in [9.17, 15) is 9.90 Å². The molecular weight excluding hydrogens is 324 g/mol. The number of carbonyl (C=O) groups excluding carboxylic acids is 1. The fraction of sp³-hybridized carbons (Fsp3) is 0.562. The maximum Gasteiger partial charge on any atom is 0.222 e. The zero-order chi connectivity index (χ0) is 17.8. The molecule has 0 aromatic carbocycles. The van der Waals surface area contributed by atoms with Crippen LogP contribution in [0.25, 0.3) is 0 Å². The quantitative estimate of drug-likeness (QED) is 0.746. The number of aliphatic hydroxyl groups excluding tert-OH is 1. The minimum Gasteiger partial charge on any atom is -0.481 e. The number of rotatable bonds is 7. The van der Waals surface area contributed by atoms with Crippen molar-refractivity contribution >= 4 is 5.91 Å². The summed E-state index contributed by atoms with van der Waals surface area (Å²) in [4.78, 5) is 16.6. The first-order valence-corrected chi connectivity index (χ1v) is 8.27. The average Bonchev–Trinajstić information content (AvgIpc) is 3.00. The van der Waals surface area contributed by atoms with Gasteiger partial charge in [-0.25, -0.2) is 9.67 Å². The molecule has 0 bridgehead atoms. The third-order valence-corrected chi connectivity index (χ3v) is 4.53. The van der Waals surface area contributed by atoms with Crippen molar-refractivity contribution in [2.24, 2.45) is 5.92 Å². The van der Waals surface area contributed by atoms with Gasteiger partial charge in [0, 0.05) is 18.7 Å². The summed E-state index contributed by atoms with van der Waals surface area (Å²) in [6.45, 7) is 2.21. The standard InChI is InChI=1S/C16H22N6O3/c1-10-19-20-21-22(10)6-5-14(24)18-16(12-7-13(23)8-12)11-3-4-15(25-2)17-9-11/h3-4,9,12-13,16,23H,5-8H2,1-2H3,(H,18,24)/t12?,13?,16-/m0/s1. The highest BCUT2D eigenvalue weighted by atomic mass is 16.5. The van der Waals surface area contributed by atoms with Crippen LogP contribution < -0.4 is 10.1 Å². The predicted octanol–water partition coefficient (Wildman–Crippen LogP) is 0.404. The van der Waals surface area contributed by atoms with Gasteiger partial charge < -0.3 is 15.2 Å². The smallest absolute Gasteiger partial charge is 0.222 e. The topological polar surface area (TPSA) is 115 Å². The van der Waals surface area contributed by atoms with Crippen molar-refractivity contribution in [3.8, 4) is 5.88 Å². The molecule has 2 aromatic rings. The van der Waals surface area contributed by atoms with Gasteiger partial charge in [-0.05, 0) is 41.7 Å². The molecule has 1 aliphatic carbocycles. The fourth-order valence-electron chi connectivity index (χ4n) is 2.98. The molecular formula is C16H22N6O3. The molecule has 25 heavy (non-hydrogen) atoms. The first-order valence-electron chi connectivity index (χ1n) is 8.27. The molecule has 1 amide bonds. The highest BCUT2D eigenvalue weighted by Crippen LogP contribution is 2.38. The van der Waals surface area contributed by atoms with E-state index in [0.717, 1.165) is 5.56 Å². The Bertz CT molecular complexity index is 711. The maximum absolute atomic E-state index is 12.4. The van der Waals surface area contributed by atoms with Crippen molar-refractivity contribution in [3.63, 3.8) is 0 Å². The van der Waals surface area contributed by atoms with Crippen molar-refractivity contribution in [2.75, 3.05) is 7.11 Å². The van der Waals surface area contributed by atoms with E-state index in [4.69, 9.17) is 4.74 Å². The van der Waals surface area contributed by atoms with Gasteiger partial charge in [-0.15, -0.1) is 5.10 Å². The van der Waals surface area contributed by atoms with Crippen molar-refractivity contribution < 1.29 is 14.6 Å². The number of carbonyl (C=O) groups is 1. The normalized spacial score (nSPS) is 20.6. The van der Waals surface area contributed by atoms with E-state index in [1.165, 1.54) is 0 Å². The second-order valence-electron chi connectivity index (χ2n) is 6.26. The minimum atomic E-state index is -0.292. The van der Waals surface area contributed by atoms with Crippen LogP contribution >= 0.6 is 0 Å². The lowest BCUT2D eigenvalue weighted by Gasteiger charge is -2.38. The molecule has 0 aliphatic heterocycles. The number of methoxy groups -OCH3 is 1. The average molecular weight is 346 g/mol. The van der Waals surface area contributed by atoms with Crippen LogP contribution in [-0.2, 0) is 11.3 Å². The second kappa shape index (κ2) is 7.56. The molecule has 0 saturated heterocycles. The molecule has 9 nitrogen and oxygen atoms in total. The molecule has 1 saturated carbocycles. The fourth-order valence-corrected chi connectivity index (χ4v) is 2.98. The van der Waals surface area contributed by atoms with Gasteiger partial charge in [0.25, 0.3) is 0 Å². The van der Waals surface area contributed by atoms with Crippen molar-refractivity contribution in [3.05, 3.63) is 29.7 Å². The van der Waals surface area contributed by atoms with Crippen LogP contribution in [0.15, 0.2) is 18.3 Å². The first kappa shape index (κ1) is 17.3. The number of tetrazole rings is 1. The van der Waals surface area contributed by atoms with Crippen molar-refractivity contribution in [1.29, 1.82) is 0 Å². The lowest BCUT2D eigenvalue weighted by Crippen LogP contribution is -2.41. The second-order valence-corrected chi connectivity index (χ2v) is 6.26. The molecule has 134 valence electrons. The van der Waals surface area contributed by atoms with Crippen molar-refractivity contribution in [2.45, 2.75) is 44.9 Å². The van der Waals surface area contributed by atoms with Crippen LogP contribution in [0.4, 0.5) is 0 Å². The van der Waals surface area contributed by atoms with Crippen LogP contribution in [0.2, 0.25) is 0 Å². The highest BCUT2D eigenvalue weighted by Gasteiger charge is 2.35. The van der Waals surface area contributed by atoms with Gasteiger partial charge in [0.15, 0.2) is 0 Å². The number of aryl methyl sites for hydroxylation is 2. The molecule has 0 unspecified atom stereocenters. The number of ether oxygens (including phenoxy) is 1. The van der Waals surface area contributed by atoms with Crippen molar-refractivity contribution in [1.82, 2.24) is 30.5 Å². The van der Waals surface area contributed by atoms with E-state index in [-0.39, 0.29) is 30.4 Å². The van der Waals surface area contributed by atoms with Gasteiger partial charge >= 0.3 is 0 Å². The van der Waals surface area contributed by atoms with Crippen LogP contribution in [0, 0.1) is 12.8 Å². The molecule has 9 heteroatoms. The van der Waals surface area contributed by atoms with Crippen LogP contribution in [-0.4, -0.2) is 49.4 Å². The number of aliphatic hydroxyl groups is 1. The lowest BCUT2D eigenvalue weighted by molar-refractivity contribution is -0.123. The minimum absolute atomic E-state index is 0.0860. The zero-order valence-corrected chi connectivity index (χ0v) is 14.3. The summed E-state index contributed by atoms with van der Waals surface area (Å²) in [5.74, 6) is 1.31. The first-order chi connectivity index (χ1) is 12.1. The molecule has 1 atom stereocenters. The Balaban J connectivity index is 1.64. The van der Waals surface area contributed by atoms with Gasteiger partial charge in [0.1, 0.15) is 5.82 Å². The number of pyridine rings is 1. The molecule has 3 rings (SSSR count). The molecule has 2 N–H and O–H groups in total. The number of nitrogens with one attached hydrogen (secondary N) is 1. The van der Waals surface area contributed by atoms with Crippen LogP contribution in [0.5, 0.6) is 5.88 Å². The summed E-state index contributed by atoms with van der Waals surface area (Å²) >= 11 is 0. The Hall–Kier alpha value is -2.55. The number of hydrogen-bond acceptors (Lipinski definition) is 7. The zero-order valence-electron chi connectivity index (χ0n) is 14.3. The molecule has 2 heterocycles. The van der Waals surface area contributed by atoms with E-state index >= 15 is 0 Å². The Morgan fingerprint density at radius 1 is 1.48 bits per heavy atom. The van der Waals surface area contributed by atoms with E-state index < -0.39 is 0 Å². The Morgan fingerprint density at radius 2 is 2.28 bits per heavy atom. The maximum atomic E-state index is 12.4. The molecule has 0 spiro atoms. The molecule has 0 radical (unpaired) electrons. The summed E-state index contributed by atoms with van der Waals surface area (Å²) < 4.78 is 6.67. The van der Waals surface area contributed by atoms with Crippen LogP contribution in [0.3, 0.4) is 0 Å². The van der Waals surface area contributed by atoms with Gasteiger partial charge in [0.2, 0.25) is 11.8 Å². The summed E-state index contributed by atoms with van der Waals surface area (Å²) in [5.41, 5.74) is 0.907. The largest absolute Gasteiger partial charge is 0.481 e. The third-order valence-electron chi connectivity index (χ3n) is 4.53. The number of aromatic nitrogens is 5. The highest BCUT2D eigenvalue weighted by molar-refractivity contribution is 5.76. The van der Waals surface area contributed by atoms with E-state index in [1.54, 1.807) is 31.0 Å². The van der Waals surface area contributed by atoms with E-state index in [0.29, 0.717) is 31.1 Å². The summed E-state index contributed by atoms with van der Waals surface area (Å²) in [6.07, 6.45) is 3.03. The number of nitrogens with zero attached hydrogens (tertiary/aromatic N) is 5.